The van der Waals surface area contributed by atoms with Gasteiger partial charge in [0.15, 0.2) is 0 Å². The molecule has 2 heterocycles. The van der Waals surface area contributed by atoms with E-state index in [0.29, 0.717) is 11.3 Å². The fourth-order valence-electron chi connectivity index (χ4n) is 1.90. The zero-order valence-electron chi connectivity index (χ0n) is 11.8. The number of hydrogen-bond acceptors (Lipinski definition) is 5. The second kappa shape index (κ2) is 5.69. The van der Waals surface area contributed by atoms with Gasteiger partial charge in [-0.25, -0.2) is 13.1 Å². The Morgan fingerprint density at radius 2 is 2.24 bits per heavy atom. The Morgan fingerprint density at radius 1 is 1.57 bits per heavy atom. The lowest BCUT2D eigenvalue weighted by atomic mass is 10.0. The van der Waals surface area contributed by atoms with Gasteiger partial charge in [0.05, 0.1) is 5.69 Å². The number of thiophene rings is 1. The molecule has 0 fully saturated rings. The number of aliphatic hydroxyl groups is 1. The molecule has 2 aromatic heterocycles. The SMILES string of the molecule is Cc1nn(C)c(Cl)c1S(=O)(=O)NCC(C)(O)c1ccsc1. The monoisotopic (exact) mass is 349 g/mol. The van der Waals surface area contributed by atoms with Crippen LogP contribution < -0.4 is 4.72 Å². The molecule has 0 saturated heterocycles. The molecule has 1 unspecified atom stereocenters. The van der Waals surface area contributed by atoms with Crippen LogP contribution in [-0.2, 0) is 22.7 Å². The van der Waals surface area contributed by atoms with Crippen LogP contribution in [0.4, 0.5) is 0 Å². The average Bonchev–Trinajstić information content (AvgIpc) is 2.98. The zero-order valence-corrected chi connectivity index (χ0v) is 14.2. The Bertz CT molecular complexity index is 736. The van der Waals surface area contributed by atoms with Crippen molar-refractivity contribution < 1.29 is 13.5 Å². The van der Waals surface area contributed by atoms with Gasteiger partial charge in [-0.2, -0.15) is 16.4 Å². The molecule has 6 nitrogen and oxygen atoms in total. The van der Waals surface area contributed by atoms with Gasteiger partial charge in [0.1, 0.15) is 15.6 Å². The second-order valence-electron chi connectivity index (χ2n) is 4.94. The molecule has 0 aromatic carbocycles. The van der Waals surface area contributed by atoms with Crippen molar-refractivity contribution in [3.8, 4) is 0 Å². The first-order chi connectivity index (χ1) is 9.65. The number of aryl methyl sites for hydroxylation is 2. The molecule has 0 amide bonds. The van der Waals surface area contributed by atoms with Crippen LogP contribution in [0.5, 0.6) is 0 Å². The third kappa shape index (κ3) is 3.29. The molecule has 0 spiro atoms. The van der Waals surface area contributed by atoms with Gasteiger partial charge in [-0.3, -0.25) is 4.68 Å². The molecule has 0 aliphatic rings. The molecular weight excluding hydrogens is 334 g/mol. The number of sulfonamides is 1. The highest BCUT2D eigenvalue weighted by Gasteiger charge is 2.30. The maximum Gasteiger partial charge on any atom is 0.245 e. The molecule has 0 saturated carbocycles. The van der Waals surface area contributed by atoms with Crippen molar-refractivity contribution in [1.82, 2.24) is 14.5 Å². The summed E-state index contributed by atoms with van der Waals surface area (Å²) in [6.07, 6.45) is 0. The van der Waals surface area contributed by atoms with Gasteiger partial charge in [-0.1, -0.05) is 11.6 Å². The molecule has 9 heteroatoms. The van der Waals surface area contributed by atoms with Crippen LogP contribution in [0.1, 0.15) is 18.2 Å². The highest BCUT2D eigenvalue weighted by atomic mass is 35.5. The summed E-state index contributed by atoms with van der Waals surface area (Å²) in [5.74, 6) is 0. The minimum absolute atomic E-state index is 0.0372. The van der Waals surface area contributed by atoms with E-state index in [1.165, 1.54) is 16.0 Å². The Hall–Kier alpha value is -0.930. The van der Waals surface area contributed by atoms with E-state index in [4.69, 9.17) is 11.6 Å². The second-order valence-corrected chi connectivity index (χ2v) is 7.78. The number of nitrogens with zero attached hydrogens (tertiary/aromatic N) is 2. The van der Waals surface area contributed by atoms with E-state index in [9.17, 15) is 13.5 Å². The highest BCUT2D eigenvalue weighted by Crippen LogP contribution is 2.26. The van der Waals surface area contributed by atoms with Crippen molar-refractivity contribution in [2.75, 3.05) is 6.54 Å². The summed E-state index contributed by atoms with van der Waals surface area (Å²) in [4.78, 5) is -0.0622. The predicted octanol–water partition coefficient (Wildman–Crippen LogP) is 1.63. The van der Waals surface area contributed by atoms with Crippen LogP contribution in [0.25, 0.3) is 0 Å². The molecule has 0 aliphatic heterocycles. The Balaban J connectivity index is 2.23. The summed E-state index contributed by atoms with van der Waals surface area (Å²) in [6, 6.07) is 1.75. The van der Waals surface area contributed by atoms with Crippen LogP contribution in [0.2, 0.25) is 5.15 Å². The maximum atomic E-state index is 12.3. The summed E-state index contributed by atoms with van der Waals surface area (Å²) >= 11 is 7.40. The van der Waals surface area contributed by atoms with Gasteiger partial charge in [-0.15, -0.1) is 0 Å². The summed E-state index contributed by atoms with van der Waals surface area (Å²) in [7, 11) is -2.28. The fraction of sp³-hybridized carbons (Fsp3) is 0.417. The molecule has 2 rings (SSSR count). The first kappa shape index (κ1) is 16.4. The van der Waals surface area contributed by atoms with E-state index in [1.807, 2.05) is 5.38 Å². The molecule has 0 aliphatic carbocycles. The minimum atomic E-state index is -3.85. The molecule has 21 heavy (non-hydrogen) atoms. The lowest BCUT2D eigenvalue weighted by molar-refractivity contribution is 0.0632. The van der Waals surface area contributed by atoms with Crippen molar-refractivity contribution in [3.05, 3.63) is 33.2 Å². The number of hydrogen-bond donors (Lipinski definition) is 2. The fourth-order valence-corrected chi connectivity index (χ4v) is 4.56. The summed E-state index contributed by atoms with van der Waals surface area (Å²) in [5, 5.41) is 18.0. The molecule has 0 radical (unpaired) electrons. The number of aromatic nitrogens is 2. The van der Waals surface area contributed by atoms with Crippen molar-refractivity contribution in [2.24, 2.45) is 7.05 Å². The molecule has 2 N–H and O–H groups in total. The number of nitrogens with one attached hydrogen (secondary N) is 1. The van der Waals surface area contributed by atoms with Crippen LogP contribution in [0.3, 0.4) is 0 Å². The molecule has 116 valence electrons. The van der Waals surface area contributed by atoms with E-state index in [1.54, 1.807) is 32.3 Å². The molecule has 2 aromatic rings. The largest absolute Gasteiger partial charge is 0.384 e. The highest BCUT2D eigenvalue weighted by molar-refractivity contribution is 7.89. The Morgan fingerprint density at radius 3 is 2.71 bits per heavy atom. The number of rotatable bonds is 5. The van der Waals surface area contributed by atoms with Gasteiger partial charge in [0, 0.05) is 13.6 Å². The van der Waals surface area contributed by atoms with Crippen LogP contribution in [0.15, 0.2) is 21.7 Å². The summed E-state index contributed by atoms with van der Waals surface area (Å²) in [6.45, 7) is 2.96. The van der Waals surface area contributed by atoms with Crippen LogP contribution in [0, 0.1) is 6.92 Å². The van der Waals surface area contributed by atoms with Crippen LogP contribution in [-0.4, -0.2) is 29.8 Å². The van der Waals surface area contributed by atoms with Crippen molar-refractivity contribution in [2.45, 2.75) is 24.3 Å². The lowest BCUT2D eigenvalue weighted by Crippen LogP contribution is -2.38. The van der Waals surface area contributed by atoms with Crippen molar-refractivity contribution >= 4 is 33.0 Å². The molecular formula is C12H16ClN3O3S2. The van der Waals surface area contributed by atoms with E-state index < -0.39 is 15.6 Å². The van der Waals surface area contributed by atoms with Crippen molar-refractivity contribution in [1.29, 1.82) is 0 Å². The predicted molar refractivity (Wildman–Crippen MR) is 82.0 cm³/mol. The zero-order chi connectivity index (χ0) is 15.8. The summed E-state index contributed by atoms with van der Waals surface area (Å²) < 4.78 is 28.4. The third-order valence-corrected chi connectivity index (χ3v) is 5.90. The molecule has 0 bridgehead atoms. The van der Waals surface area contributed by atoms with E-state index in [0.717, 1.165) is 0 Å². The molecule has 1 atom stereocenters. The first-order valence-corrected chi connectivity index (χ1v) is 8.89. The number of halogens is 1. The van der Waals surface area contributed by atoms with Gasteiger partial charge in [0.25, 0.3) is 0 Å². The topological polar surface area (TPSA) is 84.2 Å². The van der Waals surface area contributed by atoms with E-state index >= 15 is 0 Å². The average molecular weight is 350 g/mol. The van der Waals surface area contributed by atoms with Gasteiger partial charge >= 0.3 is 0 Å². The minimum Gasteiger partial charge on any atom is -0.384 e. The lowest BCUT2D eigenvalue weighted by Gasteiger charge is -2.22. The van der Waals surface area contributed by atoms with E-state index in [2.05, 4.69) is 9.82 Å². The van der Waals surface area contributed by atoms with Gasteiger partial charge in [-0.05, 0) is 36.2 Å². The van der Waals surface area contributed by atoms with Crippen LogP contribution >= 0.6 is 22.9 Å². The van der Waals surface area contributed by atoms with Gasteiger partial charge in [0.2, 0.25) is 10.0 Å². The maximum absolute atomic E-state index is 12.3. The van der Waals surface area contributed by atoms with Crippen molar-refractivity contribution in [3.63, 3.8) is 0 Å². The van der Waals surface area contributed by atoms with E-state index in [-0.39, 0.29) is 16.6 Å². The third-order valence-electron chi connectivity index (χ3n) is 3.12. The first-order valence-electron chi connectivity index (χ1n) is 6.09. The Labute approximate surface area is 132 Å². The smallest absolute Gasteiger partial charge is 0.245 e. The standard InChI is InChI=1S/C12H16ClN3O3S2/c1-8-10(11(13)16(3)15-8)21(18,19)14-7-12(2,17)9-4-5-20-6-9/h4-6,14,17H,7H2,1-3H3. The normalized spacial score (nSPS) is 15.1. The van der Waals surface area contributed by atoms with Gasteiger partial charge < -0.3 is 5.11 Å². The quantitative estimate of drug-likeness (QED) is 0.859. The Kier molecular flexibility index (Phi) is 4.46. The summed E-state index contributed by atoms with van der Waals surface area (Å²) in [5.41, 5.74) is -0.329.